The summed E-state index contributed by atoms with van der Waals surface area (Å²) in [7, 11) is 0. The number of hydrogen-bond donors (Lipinski definition) is 1. The lowest BCUT2D eigenvalue weighted by atomic mass is 9.97. The van der Waals surface area contributed by atoms with Crippen LogP contribution in [0.1, 0.15) is 28.4 Å². The highest BCUT2D eigenvalue weighted by Crippen LogP contribution is 2.41. The van der Waals surface area contributed by atoms with E-state index in [1.807, 2.05) is 37.3 Å². The van der Waals surface area contributed by atoms with Gasteiger partial charge in [-0.05, 0) is 72.6 Å². The fourth-order valence-corrected chi connectivity index (χ4v) is 4.37. The molecule has 2 heterocycles. The maximum atomic E-state index is 13.6. The highest BCUT2D eigenvalue weighted by Gasteiger charge is 2.47. The summed E-state index contributed by atoms with van der Waals surface area (Å²) in [6, 6.07) is 24.2. The van der Waals surface area contributed by atoms with Crippen LogP contribution in [0.5, 0.6) is 5.75 Å². The molecule has 184 valence electrons. The molecular weight excluding hydrogens is 471 g/mol. The molecule has 6 nitrogen and oxygen atoms in total. The molecule has 1 aromatic heterocycles. The number of amides is 1. The number of carbonyl (C=O) groups excluding carboxylic acids is 2. The third-order valence-corrected chi connectivity index (χ3v) is 6.20. The van der Waals surface area contributed by atoms with Gasteiger partial charge in [-0.25, -0.2) is 4.39 Å². The van der Waals surface area contributed by atoms with Gasteiger partial charge in [-0.2, -0.15) is 0 Å². The van der Waals surface area contributed by atoms with Crippen LogP contribution in [-0.4, -0.2) is 21.8 Å². The number of rotatable bonds is 6. The van der Waals surface area contributed by atoms with E-state index in [2.05, 4.69) is 4.98 Å². The van der Waals surface area contributed by atoms with Gasteiger partial charge in [0.25, 0.3) is 11.7 Å². The Bertz CT molecular complexity index is 1490. The number of benzene rings is 3. The molecule has 1 atom stereocenters. The number of pyridine rings is 1. The number of ketones is 1. The van der Waals surface area contributed by atoms with Crippen molar-refractivity contribution < 1.29 is 23.8 Å². The van der Waals surface area contributed by atoms with Crippen LogP contribution in [0.4, 0.5) is 10.1 Å². The number of nitrogens with zero attached hydrogens (tertiary/aromatic N) is 2. The van der Waals surface area contributed by atoms with Crippen LogP contribution in [0.3, 0.4) is 0 Å². The number of ether oxygens (including phenoxy) is 1. The number of aryl methyl sites for hydroxylation is 1. The van der Waals surface area contributed by atoms with E-state index in [-0.39, 0.29) is 11.3 Å². The fraction of sp³-hybridized carbons (Fsp3) is 0.100. The maximum absolute atomic E-state index is 13.6. The Morgan fingerprint density at radius 1 is 0.973 bits per heavy atom. The quantitative estimate of drug-likeness (QED) is 0.210. The summed E-state index contributed by atoms with van der Waals surface area (Å²) in [6.45, 7) is 2.22. The zero-order chi connectivity index (χ0) is 25.9. The largest absolute Gasteiger partial charge is 0.507 e. The lowest BCUT2D eigenvalue weighted by molar-refractivity contribution is -0.132. The van der Waals surface area contributed by atoms with E-state index in [1.165, 1.54) is 29.2 Å². The SMILES string of the molecule is Cc1cc(/C(O)=C2/C(=O)C(=O)N(c3ccc(F)cc3)C2c2ccccn2)ccc1OCc1ccccc1. The molecule has 0 saturated carbocycles. The summed E-state index contributed by atoms with van der Waals surface area (Å²) in [4.78, 5) is 32.0. The number of hydrogen-bond acceptors (Lipinski definition) is 5. The van der Waals surface area contributed by atoms with E-state index in [1.54, 1.807) is 42.6 Å². The fourth-order valence-electron chi connectivity index (χ4n) is 4.37. The van der Waals surface area contributed by atoms with Crippen molar-refractivity contribution in [1.82, 2.24) is 4.98 Å². The molecular formula is C30H23FN2O4. The molecule has 0 spiro atoms. The molecule has 1 saturated heterocycles. The van der Waals surface area contributed by atoms with Crippen LogP contribution in [-0.2, 0) is 16.2 Å². The zero-order valence-electron chi connectivity index (χ0n) is 20.0. The van der Waals surface area contributed by atoms with Crippen molar-refractivity contribution in [3.63, 3.8) is 0 Å². The number of aromatic nitrogens is 1. The van der Waals surface area contributed by atoms with Crippen molar-refractivity contribution in [2.75, 3.05) is 4.90 Å². The number of aliphatic hydroxyl groups excluding tert-OH is 1. The van der Waals surface area contributed by atoms with Crippen molar-refractivity contribution in [2.24, 2.45) is 0 Å². The van der Waals surface area contributed by atoms with Gasteiger partial charge in [-0.15, -0.1) is 0 Å². The number of halogens is 1. The molecule has 1 aliphatic heterocycles. The third kappa shape index (κ3) is 4.71. The minimum atomic E-state index is -0.985. The van der Waals surface area contributed by atoms with E-state index < -0.39 is 23.5 Å². The van der Waals surface area contributed by atoms with Crippen LogP contribution < -0.4 is 9.64 Å². The first-order valence-electron chi connectivity index (χ1n) is 11.7. The summed E-state index contributed by atoms with van der Waals surface area (Å²) in [5.41, 5.74) is 2.76. The normalized spacial score (nSPS) is 16.7. The number of carbonyl (C=O) groups is 2. The first kappa shape index (κ1) is 23.9. The molecule has 1 amide bonds. The van der Waals surface area contributed by atoms with E-state index in [4.69, 9.17) is 4.74 Å². The van der Waals surface area contributed by atoms with Crippen molar-refractivity contribution in [3.05, 3.63) is 131 Å². The van der Waals surface area contributed by atoms with Crippen molar-refractivity contribution in [1.29, 1.82) is 0 Å². The Kier molecular flexibility index (Phi) is 6.51. The summed E-state index contributed by atoms with van der Waals surface area (Å²) in [6.07, 6.45) is 1.54. The smallest absolute Gasteiger partial charge is 0.300 e. The number of anilines is 1. The Hall–Kier alpha value is -4.78. The van der Waals surface area contributed by atoms with Crippen LogP contribution in [0, 0.1) is 12.7 Å². The van der Waals surface area contributed by atoms with Crippen LogP contribution in [0.25, 0.3) is 5.76 Å². The van der Waals surface area contributed by atoms with E-state index in [0.717, 1.165) is 11.1 Å². The van der Waals surface area contributed by atoms with Gasteiger partial charge in [-0.1, -0.05) is 36.4 Å². The molecule has 1 N–H and O–H groups in total. The predicted molar refractivity (Wildman–Crippen MR) is 137 cm³/mol. The highest BCUT2D eigenvalue weighted by atomic mass is 19.1. The van der Waals surface area contributed by atoms with E-state index >= 15 is 0 Å². The average Bonchev–Trinajstić information content (AvgIpc) is 3.19. The molecule has 7 heteroatoms. The minimum absolute atomic E-state index is 0.0922. The molecule has 1 fully saturated rings. The monoisotopic (exact) mass is 494 g/mol. The van der Waals surface area contributed by atoms with Crippen molar-refractivity contribution in [3.8, 4) is 5.75 Å². The topological polar surface area (TPSA) is 79.7 Å². The molecule has 0 radical (unpaired) electrons. The molecule has 37 heavy (non-hydrogen) atoms. The molecule has 0 bridgehead atoms. The third-order valence-electron chi connectivity index (χ3n) is 6.20. The lowest BCUT2D eigenvalue weighted by Crippen LogP contribution is -2.29. The van der Waals surface area contributed by atoms with E-state index in [9.17, 15) is 19.1 Å². The Morgan fingerprint density at radius 3 is 2.38 bits per heavy atom. The van der Waals surface area contributed by atoms with Gasteiger partial charge in [0.05, 0.1) is 11.3 Å². The van der Waals surface area contributed by atoms with Gasteiger partial charge in [0.2, 0.25) is 0 Å². The Balaban J connectivity index is 1.54. The number of Topliss-reactive ketones (excluding diaryl/α,β-unsaturated/α-hetero) is 1. The molecule has 5 rings (SSSR count). The summed E-state index contributed by atoms with van der Waals surface area (Å²) in [5, 5.41) is 11.3. The van der Waals surface area contributed by atoms with Gasteiger partial charge in [0.15, 0.2) is 0 Å². The van der Waals surface area contributed by atoms with Gasteiger partial charge in [0, 0.05) is 17.4 Å². The minimum Gasteiger partial charge on any atom is -0.507 e. The lowest BCUT2D eigenvalue weighted by Gasteiger charge is -2.24. The summed E-state index contributed by atoms with van der Waals surface area (Å²) in [5.74, 6) is -1.84. The van der Waals surface area contributed by atoms with Gasteiger partial charge in [-0.3, -0.25) is 19.5 Å². The van der Waals surface area contributed by atoms with E-state index in [0.29, 0.717) is 29.3 Å². The second-order valence-corrected chi connectivity index (χ2v) is 8.65. The Morgan fingerprint density at radius 2 is 1.70 bits per heavy atom. The van der Waals surface area contributed by atoms with Crippen LogP contribution >= 0.6 is 0 Å². The molecule has 4 aromatic rings. The number of aliphatic hydroxyl groups is 1. The van der Waals surface area contributed by atoms with Crippen molar-refractivity contribution >= 4 is 23.1 Å². The second-order valence-electron chi connectivity index (χ2n) is 8.65. The summed E-state index contributed by atoms with van der Waals surface area (Å²) >= 11 is 0. The van der Waals surface area contributed by atoms with Gasteiger partial charge in [0.1, 0.15) is 30.0 Å². The zero-order valence-corrected chi connectivity index (χ0v) is 20.0. The maximum Gasteiger partial charge on any atom is 0.300 e. The molecule has 0 aliphatic carbocycles. The van der Waals surface area contributed by atoms with Crippen LogP contribution in [0.15, 0.2) is 103 Å². The standard InChI is InChI=1S/C30H23FN2O4/c1-19-17-21(10-15-25(19)37-18-20-7-3-2-4-8-20)28(34)26-27(24-9-5-6-16-32-24)33(30(36)29(26)35)23-13-11-22(31)12-14-23/h2-17,27,34H,18H2,1H3/b28-26-. The van der Waals surface area contributed by atoms with Crippen molar-refractivity contribution in [2.45, 2.75) is 19.6 Å². The van der Waals surface area contributed by atoms with Gasteiger partial charge >= 0.3 is 0 Å². The van der Waals surface area contributed by atoms with Crippen LogP contribution in [0.2, 0.25) is 0 Å². The first-order valence-corrected chi connectivity index (χ1v) is 11.7. The molecule has 3 aromatic carbocycles. The molecule has 1 unspecified atom stereocenters. The average molecular weight is 495 g/mol. The second kappa shape index (κ2) is 10.1. The summed E-state index contributed by atoms with van der Waals surface area (Å²) < 4.78 is 19.5. The van der Waals surface area contributed by atoms with Gasteiger partial charge < -0.3 is 9.84 Å². The Labute approximate surface area is 213 Å². The first-order chi connectivity index (χ1) is 17.9. The predicted octanol–water partition coefficient (Wildman–Crippen LogP) is 5.73. The molecule has 1 aliphatic rings. The highest BCUT2D eigenvalue weighted by molar-refractivity contribution is 6.51.